The third kappa shape index (κ3) is 3.13. The Labute approximate surface area is 131 Å². The third-order valence-corrected chi connectivity index (χ3v) is 12.0. The molecule has 1 unspecified atom stereocenters. The lowest BCUT2D eigenvalue weighted by atomic mass is 9.83. The molecule has 3 saturated heterocycles. The highest BCUT2D eigenvalue weighted by Crippen LogP contribution is 2.43. The Morgan fingerprint density at radius 3 is 2.10 bits per heavy atom. The molecule has 3 aliphatic rings. The Morgan fingerprint density at radius 2 is 1.71 bits per heavy atom. The summed E-state index contributed by atoms with van der Waals surface area (Å²) in [5.41, 5.74) is 1.90. The number of hydrogen-bond acceptors (Lipinski definition) is 3. The van der Waals surface area contributed by atoms with E-state index in [1.165, 1.54) is 0 Å². The van der Waals surface area contributed by atoms with Gasteiger partial charge in [-0.15, -0.1) is 0 Å². The van der Waals surface area contributed by atoms with Gasteiger partial charge in [0, 0.05) is 18.6 Å². The normalized spacial score (nSPS) is 30.0. The predicted molar refractivity (Wildman–Crippen MR) is 90.1 cm³/mol. The van der Waals surface area contributed by atoms with E-state index in [4.69, 9.17) is 4.43 Å². The molecular formula is C17H33NO2Si. The first-order valence-corrected chi connectivity index (χ1v) is 10.8. The van der Waals surface area contributed by atoms with Crippen molar-refractivity contribution < 1.29 is 9.22 Å². The molecule has 3 nitrogen and oxygen atoms in total. The lowest BCUT2D eigenvalue weighted by Gasteiger charge is -2.47. The van der Waals surface area contributed by atoms with Gasteiger partial charge in [0.2, 0.25) is 0 Å². The minimum Gasteiger partial charge on any atom is -0.414 e. The van der Waals surface area contributed by atoms with Crippen molar-refractivity contribution in [3.63, 3.8) is 0 Å². The summed E-state index contributed by atoms with van der Waals surface area (Å²) in [6.07, 6.45) is 2.09. The predicted octanol–water partition coefficient (Wildman–Crippen LogP) is 3.84. The maximum Gasteiger partial charge on any atom is 0.200 e. The number of carbonyl (C=O) groups is 1. The van der Waals surface area contributed by atoms with E-state index in [1.807, 2.05) is 0 Å². The molecule has 3 aliphatic heterocycles. The molecule has 0 aliphatic carbocycles. The molecule has 0 saturated carbocycles. The van der Waals surface area contributed by atoms with Crippen molar-refractivity contribution in [2.24, 2.45) is 5.92 Å². The second-order valence-corrected chi connectivity index (χ2v) is 13.4. The Balaban J connectivity index is 2.04. The number of fused-ring (bicyclic) bond motifs is 3. The first-order valence-electron chi connectivity index (χ1n) is 8.69. The Kier molecular flexibility index (Phi) is 5.32. The van der Waals surface area contributed by atoms with Crippen LogP contribution in [0.25, 0.3) is 0 Å². The summed E-state index contributed by atoms with van der Waals surface area (Å²) < 4.78 is 6.73. The zero-order valence-corrected chi connectivity index (χ0v) is 15.7. The number of rotatable bonds is 6. The monoisotopic (exact) mass is 311 g/mol. The zero-order chi connectivity index (χ0) is 15.8. The molecule has 122 valence electrons. The maximum absolute atomic E-state index is 11.9. The third-order valence-electron chi connectivity index (χ3n) is 5.88. The van der Waals surface area contributed by atoms with E-state index in [0.29, 0.717) is 40.9 Å². The Bertz CT molecular complexity index is 359. The van der Waals surface area contributed by atoms with Gasteiger partial charge in [-0.25, -0.2) is 0 Å². The minimum atomic E-state index is -1.77. The lowest BCUT2D eigenvalue weighted by Crippen LogP contribution is -2.57. The number of Topliss-reactive ketones (excluding diaryl/α,β-unsaturated/α-hetero) is 1. The molecule has 0 amide bonds. The molecule has 4 heteroatoms. The van der Waals surface area contributed by atoms with Crippen LogP contribution in [0.2, 0.25) is 16.6 Å². The van der Waals surface area contributed by atoms with Crippen molar-refractivity contribution >= 4 is 14.1 Å². The molecule has 0 N–H and O–H groups in total. The molecule has 0 aromatic carbocycles. The van der Waals surface area contributed by atoms with Crippen molar-refractivity contribution in [1.29, 1.82) is 0 Å². The van der Waals surface area contributed by atoms with E-state index in [0.717, 1.165) is 26.0 Å². The quantitative estimate of drug-likeness (QED) is 0.698. The van der Waals surface area contributed by atoms with Crippen molar-refractivity contribution in [2.75, 3.05) is 19.7 Å². The lowest BCUT2D eigenvalue weighted by molar-refractivity contribution is -0.134. The van der Waals surface area contributed by atoms with Crippen LogP contribution < -0.4 is 0 Å². The van der Waals surface area contributed by atoms with E-state index >= 15 is 0 Å². The van der Waals surface area contributed by atoms with Gasteiger partial charge in [-0.2, -0.15) is 0 Å². The fourth-order valence-corrected chi connectivity index (χ4v) is 10.3. The van der Waals surface area contributed by atoms with Gasteiger partial charge in [0.15, 0.2) is 8.32 Å². The largest absolute Gasteiger partial charge is 0.414 e. The van der Waals surface area contributed by atoms with Gasteiger partial charge in [0.1, 0.15) is 5.78 Å². The summed E-state index contributed by atoms with van der Waals surface area (Å²) in [5, 5.41) is 0. The SMILES string of the molecule is CC(C)[Si](OC[C@H]1C[C@@H]2CCN1CC2=O)(C(C)C)C(C)C. The Hall–Kier alpha value is -0.193. The van der Waals surface area contributed by atoms with E-state index in [2.05, 4.69) is 46.4 Å². The first kappa shape index (κ1) is 17.2. The molecule has 3 heterocycles. The average molecular weight is 312 g/mol. The molecule has 3 atom stereocenters. The number of hydrogen-bond donors (Lipinski definition) is 0. The molecule has 0 spiro atoms. The van der Waals surface area contributed by atoms with Crippen LogP contribution in [-0.4, -0.2) is 44.7 Å². The van der Waals surface area contributed by atoms with Crippen LogP contribution in [0.3, 0.4) is 0 Å². The van der Waals surface area contributed by atoms with Crippen molar-refractivity contribution in [2.45, 2.75) is 77.0 Å². The Morgan fingerprint density at radius 1 is 1.14 bits per heavy atom. The maximum atomic E-state index is 11.9. The molecule has 21 heavy (non-hydrogen) atoms. The van der Waals surface area contributed by atoms with Crippen molar-refractivity contribution in [3.8, 4) is 0 Å². The molecule has 0 aromatic heterocycles. The average Bonchev–Trinajstić information content (AvgIpc) is 2.39. The summed E-state index contributed by atoms with van der Waals surface area (Å²) in [7, 11) is -1.77. The number of carbonyl (C=O) groups excluding carboxylic acids is 1. The van der Waals surface area contributed by atoms with Crippen LogP contribution in [0.4, 0.5) is 0 Å². The topological polar surface area (TPSA) is 29.5 Å². The van der Waals surface area contributed by atoms with E-state index in [1.54, 1.807) is 0 Å². The molecule has 0 radical (unpaired) electrons. The second kappa shape index (κ2) is 6.51. The van der Waals surface area contributed by atoms with E-state index < -0.39 is 8.32 Å². The summed E-state index contributed by atoms with van der Waals surface area (Å²) in [6.45, 7) is 16.6. The van der Waals surface area contributed by atoms with Crippen LogP contribution in [-0.2, 0) is 9.22 Å². The summed E-state index contributed by atoms with van der Waals surface area (Å²) >= 11 is 0. The van der Waals surface area contributed by atoms with Gasteiger partial charge in [-0.05, 0) is 36.0 Å². The molecule has 0 aromatic rings. The number of nitrogens with zero attached hydrogens (tertiary/aromatic N) is 1. The standard InChI is InChI=1S/C17H33NO2Si/c1-12(2)21(13(3)4,14(5)6)20-11-16-9-15-7-8-18(16)10-17(15)19/h12-16H,7-11H2,1-6H3/t15-,16+/m0/s1. The highest BCUT2D eigenvalue weighted by Gasteiger charge is 2.47. The summed E-state index contributed by atoms with van der Waals surface area (Å²) in [5.74, 6) is 0.773. The fraction of sp³-hybridized carbons (Fsp3) is 0.941. The summed E-state index contributed by atoms with van der Waals surface area (Å²) in [4.78, 5) is 14.2. The molecular weight excluding hydrogens is 278 g/mol. The number of ketones is 1. The van der Waals surface area contributed by atoms with Crippen LogP contribution in [0.1, 0.15) is 54.4 Å². The van der Waals surface area contributed by atoms with Crippen LogP contribution >= 0.6 is 0 Å². The zero-order valence-electron chi connectivity index (χ0n) is 14.7. The van der Waals surface area contributed by atoms with E-state index in [9.17, 15) is 4.79 Å². The van der Waals surface area contributed by atoms with Crippen LogP contribution in [0.15, 0.2) is 0 Å². The number of piperidine rings is 3. The first-order chi connectivity index (χ1) is 9.79. The van der Waals surface area contributed by atoms with Crippen LogP contribution in [0.5, 0.6) is 0 Å². The van der Waals surface area contributed by atoms with Gasteiger partial charge in [-0.3, -0.25) is 9.69 Å². The molecule has 2 bridgehead atoms. The van der Waals surface area contributed by atoms with Gasteiger partial charge in [0.25, 0.3) is 0 Å². The minimum absolute atomic E-state index is 0.316. The fourth-order valence-electron chi connectivity index (χ4n) is 4.84. The summed E-state index contributed by atoms with van der Waals surface area (Å²) in [6, 6.07) is 0.476. The highest BCUT2D eigenvalue weighted by atomic mass is 28.4. The molecule has 3 rings (SSSR count). The highest BCUT2D eigenvalue weighted by molar-refractivity contribution is 6.77. The molecule has 3 fully saturated rings. The van der Waals surface area contributed by atoms with Gasteiger partial charge in [0.05, 0.1) is 6.54 Å². The van der Waals surface area contributed by atoms with E-state index in [-0.39, 0.29) is 0 Å². The smallest absolute Gasteiger partial charge is 0.200 e. The van der Waals surface area contributed by atoms with Crippen molar-refractivity contribution in [3.05, 3.63) is 0 Å². The van der Waals surface area contributed by atoms with Gasteiger partial charge >= 0.3 is 0 Å². The second-order valence-electron chi connectivity index (χ2n) is 7.94. The van der Waals surface area contributed by atoms with Gasteiger partial charge in [-0.1, -0.05) is 41.5 Å². The van der Waals surface area contributed by atoms with Crippen molar-refractivity contribution in [1.82, 2.24) is 4.90 Å². The van der Waals surface area contributed by atoms with Crippen LogP contribution in [0, 0.1) is 5.92 Å². The van der Waals surface area contributed by atoms with Gasteiger partial charge < -0.3 is 4.43 Å².